The van der Waals surface area contributed by atoms with Gasteiger partial charge in [-0.15, -0.1) is 0 Å². The van der Waals surface area contributed by atoms with Crippen LogP contribution in [-0.4, -0.2) is 24.0 Å². The lowest BCUT2D eigenvalue weighted by molar-refractivity contribution is -0.136. The molecule has 1 unspecified atom stereocenters. The monoisotopic (exact) mass is 269 g/mol. The van der Waals surface area contributed by atoms with E-state index in [-0.39, 0.29) is 17.6 Å². The van der Waals surface area contributed by atoms with E-state index in [0.29, 0.717) is 6.61 Å². The standard InChI is InChI=1S/C16H15NO3/c1-12-11-20-16(9-7-14(18)8-10-16)17(15(12)19)13-5-3-2-4-6-13/h2-10,12H,11H2,1H3. The number of carbonyl (C=O) groups is 2. The molecule has 20 heavy (non-hydrogen) atoms. The van der Waals surface area contributed by atoms with Crippen LogP contribution in [0.2, 0.25) is 0 Å². The van der Waals surface area contributed by atoms with Crippen LogP contribution in [0.1, 0.15) is 6.92 Å². The molecule has 0 saturated carbocycles. The highest BCUT2D eigenvalue weighted by Crippen LogP contribution is 2.35. The van der Waals surface area contributed by atoms with Gasteiger partial charge in [-0.05, 0) is 36.4 Å². The average molecular weight is 269 g/mol. The second-order valence-electron chi connectivity index (χ2n) is 5.04. The summed E-state index contributed by atoms with van der Waals surface area (Å²) in [6.45, 7) is 2.18. The number of nitrogens with zero attached hydrogens (tertiary/aromatic N) is 1. The average Bonchev–Trinajstić information content (AvgIpc) is 2.48. The number of anilines is 1. The first kappa shape index (κ1) is 12.8. The Labute approximate surface area is 117 Å². The predicted octanol–water partition coefficient (Wildman–Crippen LogP) is 2.08. The molecule has 1 spiro atoms. The van der Waals surface area contributed by atoms with Crippen LogP contribution in [0, 0.1) is 5.92 Å². The molecule has 4 heteroatoms. The Kier molecular flexibility index (Phi) is 3.03. The molecular formula is C16H15NO3. The van der Waals surface area contributed by atoms with Crippen molar-refractivity contribution in [3.05, 3.63) is 54.6 Å². The third-order valence-electron chi connectivity index (χ3n) is 3.54. The van der Waals surface area contributed by atoms with Crippen LogP contribution < -0.4 is 4.90 Å². The fraction of sp³-hybridized carbons (Fsp3) is 0.250. The van der Waals surface area contributed by atoms with Crippen molar-refractivity contribution in [2.75, 3.05) is 11.5 Å². The van der Waals surface area contributed by atoms with E-state index in [9.17, 15) is 9.59 Å². The molecule has 0 radical (unpaired) electrons. The van der Waals surface area contributed by atoms with E-state index < -0.39 is 5.72 Å². The molecule has 3 rings (SSSR count). The third kappa shape index (κ3) is 1.98. The SMILES string of the molecule is CC1COC2(C=CC(=O)C=C2)N(c2ccccc2)C1=O. The highest BCUT2D eigenvalue weighted by Gasteiger charge is 2.44. The van der Waals surface area contributed by atoms with Crippen LogP contribution in [0.3, 0.4) is 0 Å². The summed E-state index contributed by atoms with van der Waals surface area (Å²) in [7, 11) is 0. The van der Waals surface area contributed by atoms with Gasteiger partial charge < -0.3 is 4.74 Å². The maximum absolute atomic E-state index is 12.6. The fourth-order valence-corrected chi connectivity index (χ4v) is 2.45. The summed E-state index contributed by atoms with van der Waals surface area (Å²) in [4.78, 5) is 25.5. The zero-order valence-electron chi connectivity index (χ0n) is 11.2. The number of para-hydroxylation sites is 1. The minimum absolute atomic E-state index is 0.00824. The molecule has 1 heterocycles. The third-order valence-corrected chi connectivity index (χ3v) is 3.54. The van der Waals surface area contributed by atoms with E-state index in [2.05, 4.69) is 0 Å². The molecule has 1 aromatic rings. The van der Waals surface area contributed by atoms with Crippen LogP contribution in [-0.2, 0) is 14.3 Å². The largest absolute Gasteiger partial charge is 0.347 e. The van der Waals surface area contributed by atoms with Crippen molar-refractivity contribution in [2.24, 2.45) is 5.92 Å². The first-order valence-electron chi connectivity index (χ1n) is 6.58. The number of carbonyl (C=O) groups excluding carboxylic acids is 2. The van der Waals surface area contributed by atoms with Gasteiger partial charge in [-0.3, -0.25) is 14.5 Å². The van der Waals surface area contributed by atoms with Crippen LogP contribution in [0.5, 0.6) is 0 Å². The number of allylic oxidation sites excluding steroid dienone is 2. The van der Waals surface area contributed by atoms with Crippen LogP contribution >= 0.6 is 0 Å². The van der Waals surface area contributed by atoms with Crippen LogP contribution in [0.4, 0.5) is 5.69 Å². The van der Waals surface area contributed by atoms with Crippen LogP contribution in [0.15, 0.2) is 54.6 Å². The summed E-state index contributed by atoms with van der Waals surface area (Å²) in [5.74, 6) is -0.315. The van der Waals surface area contributed by atoms with Crippen LogP contribution in [0.25, 0.3) is 0 Å². The summed E-state index contributed by atoms with van der Waals surface area (Å²) >= 11 is 0. The topological polar surface area (TPSA) is 46.6 Å². The maximum atomic E-state index is 12.6. The van der Waals surface area contributed by atoms with Gasteiger partial charge in [0.1, 0.15) is 0 Å². The van der Waals surface area contributed by atoms with Gasteiger partial charge in [-0.1, -0.05) is 25.1 Å². The number of amides is 1. The van der Waals surface area contributed by atoms with Gasteiger partial charge in [-0.2, -0.15) is 0 Å². The molecule has 1 fully saturated rings. The number of ketones is 1. The highest BCUT2D eigenvalue weighted by molar-refractivity contribution is 6.03. The molecule has 1 aliphatic carbocycles. The highest BCUT2D eigenvalue weighted by atomic mass is 16.5. The quantitative estimate of drug-likeness (QED) is 0.784. The molecule has 2 aliphatic rings. The van der Waals surface area contributed by atoms with E-state index in [0.717, 1.165) is 5.69 Å². The van der Waals surface area contributed by atoms with Gasteiger partial charge in [-0.25, -0.2) is 0 Å². The summed E-state index contributed by atoms with van der Waals surface area (Å²) < 4.78 is 5.88. The van der Waals surface area contributed by atoms with Crippen molar-refractivity contribution in [1.29, 1.82) is 0 Å². The molecule has 1 saturated heterocycles. The molecule has 1 atom stereocenters. The van der Waals surface area contributed by atoms with E-state index in [4.69, 9.17) is 4.74 Å². The Morgan fingerprint density at radius 3 is 2.45 bits per heavy atom. The Balaban J connectivity index is 2.09. The maximum Gasteiger partial charge on any atom is 0.234 e. The van der Waals surface area contributed by atoms with Gasteiger partial charge in [0.25, 0.3) is 0 Å². The van der Waals surface area contributed by atoms with Gasteiger partial charge in [0.2, 0.25) is 5.91 Å². The molecule has 0 bridgehead atoms. The number of hydrogen-bond acceptors (Lipinski definition) is 3. The summed E-state index contributed by atoms with van der Waals surface area (Å²) in [6, 6.07) is 9.36. The minimum Gasteiger partial charge on any atom is -0.347 e. The molecule has 1 aliphatic heterocycles. The van der Waals surface area contributed by atoms with Crippen molar-refractivity contribution in [3.8, 4) is 0 Å². The number of benzene rings is 1. The van der Waals surface area contributed by atoms with E-state index in [1.54, 1.807) is 17.1 Å². The molecule has 0 N–H and O–H groups in total. The summed E-state index contributed by atoms with van der Waals surface area (Å²) in [5.41, 5.74) is -0.230. The van der Waals surface area contributed by atoms with E-state index >= 15 is 0 Å². The Hall–Kier alpha value is -2.20. The van der Waals surface area contributed by atoms with Gasteiger partial charge >= 0.3 is 0 Å². The molecule has 1 amide bonds. The fourth-order valence-electron chi connectivity index (χ4n) is 2.45. The van der Waals surface area contributed by atoms with Crippen molar-refractivity contribution in [3.63, 3.8) is 0 Å². The lowest BCUT2D eigenvalue weighted by Gasteiger charge is -2.45. The molecule has 4 nitrogen and oxygen atoms in total. The lowest BCUT2D eigenvalue weighted by Crippen LogP contribution is -2.59. The summed E-state index contributed by atoms with van der Waals surface area (Å²) in [6.07, 6.45) is 6.18. The second-order valence-corrected chi connectivity index (χ2v) is 5.04. The van der Waals surface area contributed by atoms with Crippen molar-refractivity contribution in [1.82, 2.24) is 0 Å². The van der Waals surface area contributed by atoms with Crippen molar-refractivity contribution >= 4 is 17.4 Å². The number of hydrogen-bond donors (Lipinski definition) is 0. The molecule has 0 aromatic heterocycles. The van der Waals surface area contributed by atoms with Gasteiger partial charge in [0.05, 0.1) is 12.5 Å². The first-order chi connectivity index (χ1) is 9.62. The Morgan fingerprint density at radius 2 is 1.80 bits per heavy atom. The van der Waals surface area contributed by atoms with Gasteiger partial charge in [0, 0.05) is 5.69 Å². The zero-order chi connectivity index (χ0) is 14.2. The van der Waals surface area contributed by atoms with Crippen molar-refractivity contribution < 1.29 is 14.3 Å². The van der Waals surface area contributed by atoms with E-state index in [1.165, 1.54) is 12.2 Å². The minimum atomic E-state index is -0.987. The first-order valence-corrected chi connectivity index (χ1v) is 6.58. The Morgan fingerprint density at radius 1 is 1.15 bits per heavy atom. The lowest BCUT2D eigenvalue weighted by atomic mass is 9.97. The summed E-state index contributed by atoms with van der Waals surface area (Å²) in [5, 5.41) is 0. The van der Waals surface area contributed by atoms with Gasteiger partial charge in [0.15, 0.2) is 11.5 Å². The Bertz CT molecular complexity index is 587. The number of rotatable bonds is 1. The molecule has 1 aromatic carbocycles. The van der Waals surface area contributed by atoms with Crippen molar-refractivity contribution in [2.45, 2.75) is 12.6 Å². The normalized spacial score (nSPS) is 24.4. The second kappa shape index (κ2) is 4.72. The molecule has 102 valence electrons. The predicted molar refractivity (Wildman–Crippen MR) is 75.1 cm³/mol. The zero-order valence-corrected chi connectivity index (χ0v) is 11.2. The number of ether oxygens (including phenoxy) is 1. The van der Waals surface area contributed by atoms with E-state index in [1.807, 2.05) is 37.3 Å². The smallest absolute Gasteiger partial charge is 0.234 e. The molecular weight excluding hydrogens is 254 g/mol.